The van der Waals surface area contributed by atoms with E-state index in [-0.39, 0.29) is 5.92 Å². The summed E-state index contributed by atoms with van der Waals surface area (Å²) in [6, 6.07) is 0. The zero-order valence-corrected chi connectivity index (χ0v) is 6.96. The zero-order chi connectivity index (χ0) is 7.56. The van der Waals surface area contributed by atoms with Crippen LogP contribution >= 0.6 is 12.2 Å². The van der Waals surface area contributed by atoms with Crippen LogP contribution in [0.2, 0.25) is 0 Å². The Balaban J connectivity index is 2.90. The molecular formula is C6H5NOS2. The van der Waals surface area contributed by atoms with E-state index in [1.807, 2.05) is 6.92 Å². The number of aliphatic imine (C=N–C) groups is 1. The highest BCUT2D eigenvalue weighted by Crippen LogP contribution is 2.23. The molecule has 0 aromatic rings. The molecule has 0 aromatic carbocycles. The van der Waals surface area contributed by atoms with E-state index in [0.29, 0.717) is 11.3 Å². The lowest BCUT2D eigenvalue weighted by atomic mass is 9.93. The molecule has 0 radical (unpaired) electrons. The quantitative estimate of drug-likeness (QED) is 0.435. The number of isothiocyanates is 1. The SMILES string of the molecule is CC1C(N=C=S)=CC1=S=O. The van der Waals surface area contributed by atoms with Crippen molar-refractivity contribution in [1.29, 1.82) is 0 Å². The third kappa shape index (κ3) is 1.14. The second kappa shape index (κ2) is 3.01. The number of hydrogen-bond donors (Lipinski definition) is 0. The van der Waals surface area contributed by atoms with Crippen LogP contribution in [0.25, 0.3) is 0 Å². The molecule has 1 aliphatic rings. The van der Waals surface area contributed by atoms with Gasteiger partial charge < -0.3 is 0 Å². The van der Waals surface area contributed by atoms with Crippen molar-refractivity contribution in [3.8, 4) is 0 Å². The summed E-state index contributed by atoms with van der Waals surface area (Å²) in [5, 5.41) is 2.26. The molecule has 0 heterocycles. The standard InChI is InChI=1S/C6H5NOS2/c1-4-5(7-3-9)2-6(4)10-8/h2,4H,1H3. The molecule has 0 bridgehead atoms. The topological polar surface area (TPSA) is 29.4 Å². The molecule has 0 spiro atoms. The summed E-state index contributed by atoms with van der Waals surface area (Å²) >= 11 is 4.92. The van der Waals surface area contributed by atoms with Crippen molar-refractivity contribution < 1.29 is 4.21 Å². The third-order valence-corrected chi connectivity index (χ3v) is 2.19. The molecule has 1 rings (SSSR count). The molecule has 0 aromatic heterocycles. The maximum atomic E-state index is 10.2. The summed E-state index contributed by atoms with van der Waals surface area (Å²) in [5.41, 5.74) is 0.855. The van der Waals surface area contributed by atoms with Crippen LogP contribution in [0.15, 0.2) is 16.8 Å². The fourth-order valence-electron chi connectivity index (χ4n) is 0.723. The predicted octanol–water partition coefficient (Wildman–Crippen LogP) is 1.01. The highest BCUT2D eigenvalue weighted by molar-refractivity contribution is 7.78. The smallest absolute Gasteiger partial charge is 0.0928 e. The maximum absolute atomic E-state index is 10.2. The first kappa shape index (κ1) is 7.54. The molecule has 0 amide bonds. The van der Waals surface area contributed by atoms with Gasteiger partial charge in [-0.3, -0.25) is 0 Å². The molecular weight excluding hydrogens is 166 g/mol. The number of hydrogen-bond acceptors (Lipinski definition) is 3. The van der Waals surface area contributed by atoms with Gasteiger partial charge in [0.2, 0.25) is 0 Å². The van der Waals surface area contributed by atoms with Gasteiger partial charge in [0.1, 0.15) is 0 Å². The van der Waals surface area contributed by atoms with E-state index in [1.165, 1.54) is 0 Å². The van der Waals surface area contributed by atoms with Crippen molar-refractivity contribution in [3.05, 3.63) is 11.8 Å². The van der Waals surface area contributed by atoms with Gasteiger partial charge in [-0.25, -0.2) is 4.21 Å². The van der Waals surface area contributed by atoms with E-state index >= 15 is 0 Å². The molecule has 1 atom stereocenters. The van der Waals surface area contributed by atoms with E-state index in [4.69, 9.17) is 0 Å². The molecule has 2 nitrogen and oxygen atoms in total. The Labute approximate surface area is 67.7 Å². The van der Waals surface area contributed by atoms with Crippen LogP contribution in [-0.4, -0.2) is 14.2 Å². The van der Waals surface area contributed by atoms with Crippen LogP contribution in [0.3, 0.4) is 0 Å². The minimum atomic E-state index is 0.165. The van der Waals surface area contributed by atoms with E-state index in [1.54, 1.807) is 6.08 Å². The lowest BCUT2D eigenvalue weighted by molar-refractivity contribution is 0.700. The zero-order valence-electron chi connectivity index (χ0n) is 5.33. The van der Waals surface area contributed by atoms with Gasteiger partial charge in [0.15, 0.2) is 0 Å². The van der Waals surface area contributed by atoms with Crippen LogP contribution in [0.4, 0.5) is 0 Å². The molecule has 0 saturated carbocycles. The first-order chi connectivity index (χ1) is 4.79. The second-order valence-electron chi connectivity index (χ2n) is 1.98. The number of nitrogens with zero attached hydrogens (tertiary/aromatic N) is 1. The Kier molecular flexibility index (Phi) is 2.27. The van der Waals surface area contributed by atoms with E-state index in [9.17, 15) is 4.21 Å². The van der Waals surface area contributed by atoms with Crippen LogP contribution < -0.4 is 0 Å². The number of allylic oxidation sites excluding steroid dienone is 2. The van der Waals surface area contributed by atoms with Crippen LogP contribution in [0, 0.1) is 5.92 Å². The first-order valence-corrected chi connectivity index (χ1v) is 3.90. The monoisotopic (exact) mass is 171 g/mol. The summed E-state index contributed by atoms with van der Waals surface area (Å²) in [6.45, 7) is 1.92. The van der Waals surface area contributed by atoms with Gasteiger partial charge >= 0.3 is 0 Å². The van der Waals surface area contributed by atoms with Gasteiger partial charge in [-0.05, 0) is 18.3 Å². The van der Waals surface area contributed by atoms with Gasteiger partial charge in [-0.1, -0.05) is 6.92 Å². The number of rotatable bonds is 1. The van der Waals surface area contributed by atoms with Gasteiger partial charge in [-0.15, -0.1) is 0 Å². The van der Waals surface area contributed by atoms with Crippen molar-refractivity contribution >= 4 is 33.5 Å². The van der Waals surface area contributed by atoms with E-state index in [0.717, 1.165) is 10.6 Å². The van der Waals surface area contributed by atoms with Crippen molar-refractivity contribution in [2.45, 2.75) is 6.92 Å². The average molecular weight is 171 g/mol. The van der Waals surface area contributed by atoms with Gasteiger partial charge in [-0.2, -0.15) is 4.99 Å². The third-order valence-electron chi connectivity index (χ3n) is 1.43. The molecule has 0 saturated heterocycles. The van der Waals surface area contributed by atoms with Crippen LogP contribution in [0.5, 0.6) is 0 Å². The van der Waals surface area contributed by atoms with Crippen molar-refractivity contribution in [3.63, 3.8) is 0 Å². The van der Waals surface area contributed by atoms with Gasteiger partial charge in [0.05, 0.1) is 27.0 Å². The van der Waals surface area contributed by atoms with E-state index < -0.39 is 0 Å². The van der Waals surface area contributed by atoms with Gasteiger partial charge in [0.25, 0.3) is 0 Å². The Morgan fingerprint density at radius 3 is 3.00 bits per heavy atom. The fraction of sp³-hybridized carbons (Fsp3) is 0.333. The van der Waals surface area contributed by atoms with Crippen LogP contribution in [0.1, 0.15) is 6.92 Å². The second-order valence-corrected chi connectivity index (χ2v) is 2.80. The molecule has 52 valence electrons. The summed E-state index contributed by atoms with van der Waals surface area (Å²) in [7, 11) is 0. The normalized spacial score (nSPS) is 22.3. The first-order valence-electron chi connectivity index (χ1n) is 2.75. The van der Waals surface area contributed by atoms with Crippen molar-refractivity contribution in [2.75, 3.05) is 0 Å². The maximum Gasteiger partial charge on any atom is 0.0928 e. The molecule has 10 heavy (non-hydrogen) atoms. The summed E-state index contributed by atoms with van der Waals surface area (Å²) in [6.07, 6.45) is 1.74. The minimum absolute atomic E-state index is 0.165. The Hall–Kier alpha value is -0.570. The summed E-state index contributed by atoms with van der Waals surface area (Å²) in [4.78, 5) is 4.59. The van der Waals surface area contributed by atoms with Crippen molar-refractivity contribution in [2.24, 2.45) is 10.9 Å². The fourth-order valence-corrected chi connectivity index (χ4v) is 1.26. The molecule has 0 aliphatic heterocycles. The van der Waals surface area contributed by atoms with E-state index in [2.05, 4.69) is 22.4 Å². The molecule has 1 aliphatic carbocycles. The molecule has 4 heteroatoms. The minimum Gasteiger partial charge on any atom is -0.212 e. The number of thiocarbonyl (C=S) groups is 1. The highest BCUT2D eigenvalue weighted by atomic mass is 32.1. The summed E-state index contributed by atoms with van der Waals surface area (Å²) < 4.78 is 10.2. The highest BCUT2D eigenvalue weighted by Gasteiger charge is 2.22. The Bertz CT molecular complexity index is 282. The largest absolute Gasteiger partial charge is 0.212 e. The summed E-state index contributed by atoms with van der Waals surface area (Å²) in [5.74, 6) is 0.165. The lowest BCUT2D eigenvalue weighted by Gasteiger charge is -2.18. The van der Waals surface area contributed by atoms with Crippen molar-refractivity contribution in [1.82, 2.24) is 0 Å². The Morgan fingerprint density at radius 1 is 1.90 bits per heavy atom. The lowest BCUT2D eigenvalue weighted by Crippen LogP contribution is -2.20. The molecule has 1 unspecified atom stereocenters. The van der Waals surface area contributed by atoms with Gasteiger partial charge in [0, 0.05) is 5.92 Å². The Morgan fingerprint density at radius 2 is 2.60 bits per heavy atom. The molecule has 0 fully saturated rings. The average Bonchev–Trinajstić information content (AvgIpc) is 1.96. The molecule has 0 N–H and O–H groups in total. The predicted molar refractivity (Wildman–Crippen MR) is 45.4 cm³/mol. The van der Waals surface area contributed by atoms with Crippen LogP contribution in [-0.2, 0) is 11.3 Å².